The summed E-state index contributed by atoms with van der Waals surface area (Å²) in [5, 5.41) is 33.4. The van der Waals surface area contributed by atoms with E-state index in [-0.39, 0.29) is 31.2 Å². The number of aliphatic hydroxyl groups excluding tert-OH is 2. The van der Waals surface area contributed by atoms with Gasteiger partial charge in [0.25, 0.3) is 5.91 Å². The number of carbonyl (C=O) groups excluding carboxylic acids is 2. The first-order chi connectivity index (χ1) is 17.8. The number of benzene rings is 1. The third kappa shape index (κ3) is 5.58. The van der Waals surface area contributed by atoms with E-state index in [1.807, 2.05) is 25.1 Å². The first-order valence-electron chi connectivity index (χ1n) is 11.9. The molecule has 1 aromatic carbocycles. The maximum atomic E-state index is 12.5. The highest BCUT2D eigenvalue weighted by Gasteiger charge is 2.33. The molecule has 2 aromatic heterocycles. The molecule has 0 spiro atoms. The van der Waals surface area contributed by atoms with Gasteiger partial charge in [0.05, 0.1) is 42.1 Å². The molecule has 0 saturated carbocycles. The summed E-state index contributed by atoms with van der Waals surface area (Å²) in [7, 11) is 0. The highest BCUT2D eigenvalue weighted by Crippen LogP contribution is 2.40. The van der Waals surface area contributed by atoms with Crippen LogP contribution in [0.3, 0.4) is 0 Å². The maximum absolute atomic E-state index is 12.5. The van der Waals surface area contributed by atoms with Crippen LogP contribution in [-0.2, 0) is 4.79 Å². The summed E-state index contributed by atoms with van der Waals surface area (Å²) in [4.78, 5) is 35.4. The third-order valence-electron chi connectivity index (χ3n) is 6.33. The SMILES string of the molecule is CC(=O)N1c2ccc(-c3ccc(C(=O)NC(CO)CO)cn3)cc2C(Nc2ccc(C#N)cn2)CC1C. The molecule has 0 aliphatic carbocycles. The molecule has 0 fully saturated rings. The molecule has 3 heterocycles. The van der Waals surface area contributed by atoms with Crippen molar-refractivity contribution >= 4 is 23.3 Å². The van der Waals surface area contributed by atoms with Gasteiger partial charge >= 0.3 is 0 Å². The van der Waals surface area contributed by atoms with Crippen LogP contribution >= 0.6 is 0 Å². The van der Waals surface area contributed by atoms with Gasteiger partial charge in [0.2, 0.25) is 5.91 Å². The minimum Gasteiger partial charge on any atom is -0.394 e. The van der Waals surface area contributed by atoms with Crippen molar-refractivity contribution in [1.29, 1.82) is 5.26 Å². The maximum Gasteiger partial charge on any atom is 0.253 e. The van der Waals surface area contributed by atoms with Gasteiger partial charge in [-0.15, -0.1) is 0 Å². The zero-order valence-corrected chi connectivity index (χ0v) is 20.5. The van der Waals surface area contributed by atoms with Gasteiger partial charge < -0.3 is 25.7 Å². The molecule has 0 saturated heterocycles. The lowest BCUT2D eigenvalue weighted by Gasteiger charge is -2.39. The molecule has 4 rings (SSSR count). The minimum atomic E-state index is -0.741. The Morgan fingerprint density at radius 2 is 1.92 bits per heavy atom. The second kappa shape index (κ2) is 11.2. The van der Waals surface area contributed by atoms with Crippen LogP contribution in [-0.4, -0.2) is 57.3 Å². The number of hydrogen-bond donors (Lipinski definition) is 4. The number of nitrogens with zero attached hydrogens (tertiary/aromatic N) is 4. The lowest BCUT2D eigenvalue weighted by molar-refractivity contribution is -0.117. The van der Waals surface area contributed by atoms with Crippen molar-refractivity contribution in [1.82, 2.24) is 15.3 Å². The van der Waals surface area contributed by atoms with E-state index in [9.17, 15) is 19.8 Å². The van der Waals surface area contributed by atoms with Crippen LogP contribution in [0.2, 0.25) is 0 Å². The lowest BCUT2D eigenvalue weighted by atomic mass is 9.89. The first-order valence-corrected chi connectivity index (χ1v) is 11.9. The van der Waals surface area contributed by atoms with Crippen molar-refractivity contribution in [2.24, 2.45) is 0 Å². The number of carbonyl (C=O) groups is 2. The monoisotopic (exact) mass is 500 g/mol. The number of aromatic nitrogens is 2. The van der Waals surface area contributed by atoms with E-state index in [1.54, 1.807) is 36.1 Å². The quantitative estimate of drug-likeness (QED) is 0.386. The number of hydrogen-bond acceptors (Lipinski definition) is 8. The number of anilines is 2. The molecule has 2 unspecified atom stereocenters. The number of pyridine rings is 2. The predicted octanol–water partition coefficient (Wildman–Crippen LogP) is 2.40. The average molecular weight is 501 g/mol. The summed E-state index contributed by atoms with van der Waals surface area (Å²) in [5.74, 6) is 0.137. The van der Waals surface area contributed by atoms with Crippen molar-refractivity contribution in [2.45, 2.75) is 38.4 Å². The van der Waals surface area contributed by atoms with Gasteiger partial charge in [-0.3, -0.25) is 14.6 Å². The van der Waals surface area contributed by atoms with Gasteiger partial charge in [-0.05, 0) is 55.3 Å². The largest absolute Gasteiger partial charge is 0.394 e. The number of amides is 2. The fraction of sp³-hybridized carbons (Fsp3) is 0.296. The number of aliphatic hydroxyl groups is 2. The molecular formula is C27H28N6O4. The molecule has 10 heteroatoms. The Bertz CT molecular complexity index is 1320. The van der Waals surface area contributed by atoms with Gasteiger partial charge in [-0.25, -0.2) is 4.98 Å². The number of nitrogens with one attached hydrogen (secondary N) is 2. The normalized spacial score (nSPS) is 16.6. The Balaban J connectivity index is 1.65. The smallest absolute Gasteiger partial charge is 0.253 e. The van der Waals surface area contributed by atoms with Crippen LogP contribution in [0.1, 0.15) is 47.8 Å². The molecule has 3 aromatic rings. The van der Waals surface area contributed by atoms with E-state index in [0.717, 1.165) is 16.8 Å². The Kier molecular flexibility index (Phi) is 7.77. The van der Waals surface area contributed by atoms with Crippen molar-refractivity contribution < 1.29 is 19.8 Å². The van der Waals surface area contributed by atoms with Crippen molar-refractivity contribution in [3.8, 4) is 17.3 Å². The Hall–Kier alpha value is -4.33. The first kappa shape index (κ1) is 25.8. The van der Waals surface area contributed by atoms with Crippen LogP contribution in [0.15, 0.2) is 54.9 Å². The van der Waals surface area contributed by atoms with Crippen molar-refractivity contribution in [3.05, 3.63) is 71.5 Å². The number of nitriles is 1. The summed E-state index contributed by atoms with van der Waals surface area (Å²) in [6.07, 6.45) is 3.61. The summed E-state index contributed by atoms with van der Waals surface area (Å²) in [6, 6.07) is 13.7. The second-order valence-corrected chi connectivity index (χ2v) is 8.96. The van der Waals surface area contributed by atoms with E-state index in [1.165, 1.54) is 12.4 Å². The summed E-state index contributed by atoms with van der Waals surface area (Å²) in [6.45, 7) is 2.81. The van der Waals surface area contributed by atoms with Crippen LogP contribution in [0, 0.1) is 11.3 Å². The molecule has 2 amide bonds. The fourth-order valence-electron chi connectivity index (χ4n) is 4.48. The fourth-order valence-corrected chi connectivity index (χ4v) is 4.48. The molecule has 2 atom stereocenters. The molecule has 0 radical (unpaired) electrons. The van der Waals surface area contributed by atoms with E-state index in [0.29, 0.717) is 29.1 Å². The zero-order chi connectivity index (χ0) is 26.5. The molecule has 1 aliphatic rings. The molecule has 1 aliphatic heterocycles. The van der Waals surface area contributed by atoms with Crippen LogP contribution < -0.4 is 15.5 Å². The molecule has 37 heavy (non-hydrogen) atoms. The highest BCUT2D eigenvalue weighted by molar-refractivity contribution is 5.95. The van der Waals surface area contributed by atoms with E-state index in [2.05, 4.69) is 26.7 Å². The summed E-state index contributed by atoms with van der Waals surface area (Å²) in [5.41, 5.74) is 3.94. The van der Waals surface area contributed by atoms with Gasteiger partial charge in [0.15, 0.2) is 0 Å². The minimum absolute atomic E-state index is 0.0377. The van der Waals surface area contributed by atoms with Crippen LogP contribution in [0.4, 0.5) is 11.5 Å². The van der Waals surface area contributed by atoms with Crippen molar-refractivity contribution in [3.63, 3.8) is 0 Å². The highest BCUT2D eigenvalue weighted by atomic mass is 16.3. The van der Waals surface area contributed by atoms with Gasteiger partial charge in [-0.1, -0.05) is 6.07 Å². The summed E-state index contributed by atoms with van der Waals surface area (Å²) < 4.78 is 0. The van der Waals surface area contributed by atoms with Gasteiger partial charge in [0.1, 0.15) is 11.9 Å². The lowest BCUT2D eigenvalue weighted by Crippen LogP contribution is -2.43. The molecule has 4 N–H and O–H groups in total. The van der Waals surface area contributed by atoms with E-state index in [4.69, 9.17) is 5.26 Å². The van der Waals surface area contributed by atoms with Gasteiger partial charge in [0, 0.05) is 36.6 Å². The molecular weight excluding hydrogens is 472 g/mol. The molecule has 190 valence electrons. The van der Waals surface area contributed by atoms with Gasteiger partial charge in [-0.2, -0.15) is 5.26 Å². The second-order valence-electron chi connectivity index (χ2n) is 8.96. The standard InChI is InChI=1S/C27H28N6O4/c1-16-9-24(32-26-8-3-18(11-28)12-30-26)22-10-19(5-7-25(22)33(16)17(2)36)23-6-4-20(13-29-23)27(37)31-21(14-34)15-35/h3-8,10,12-13,16,21,24,34-35H,9,14-15H2,1-2H3,(H,30,32)(H,31,37). The Morgan fingerprint density at radius 3 is 2.51 bits per heavy atom. The van der Waals surface area contributed by atoms with Crippen molar-refractivity contribution in [2.75, 3.05) is 23.4 Å². The topological polar surface area (TPSA) is 151 Å². The summed E-state index contributed by atoms with van der Waals surface area (Å²) >= 11 is 0. The predicted molar refractivity (Wildman–Crippen MR) is 138 cm³/mol. The number of fused-ring (bicyclic) bond motifs is 1. The van der Waals surface area contributed by atoms with E-state index >= 15 is 0 Å². The Labute approximate surface area is 214 Å². The number of rotatable bonds is 7. The van der Waals surface area contributed by atoms with E-state index < -0.39 is 11.9 Å². The average Bonchev–Trinajstić information content (AvgIpc) is 2.91. The molecule has 10 nitrogen and oxygen atoms in total. The molecule has 0 bridgehead atoms. The van der Waals surface area contributed by atoms with Crippen LogP contribution in [0.5, 0.6) is 0 Å². The third-order valence-corrected chi connectivity index (χ3v) is 6.33. The zero-order valence-electron chi connectivity index (χ0n) is 20.5. The Morgan fingerprint density at radius 1 is 1.14 bits per heavy atom. The van der Waals surface area contributed by atoms with Crippen LogP contribution in [0.25, 0.3) is 11.3 Å².